The van der Waals surface area contributed by atoms with Gasteiger partial charge in [0.25, 0.3) is 0 Å². The van der Waals surface area contributed by atoms with E-state index in [1.807, 2.05) is 46.2 Å². The number of anilines is 2. The lowest BCUT2D eigenvalue weighted by Crippen LogP contribution is -2.38. The van der Waals surface area contributed by atoms with Crippen molar-refractivity contribution in [1.82, 2.24) is 19.8 Å². The lowest BCUT2D eigenvalue weighted by Gasteiger charge is -2.34. The fourth-order valence-corrected chi connectivity index (χ4v) is 10.4. The van der Waals surface area contributed by atoms with E-state index in [2.05, 4.69) is 36.6 Å². The standard InChI is InChI=1S/C22H29N3O2S.C21H27N3O2S/c1-2-12-25(15-26)17-9-7-16(8-10-17)14-23-22-24-21-18-5-3-4-6-19(18)27-13-11-20(21)28-22;1-2-24(14-25)16-9-7-15(8-10-16)13-22-21-23-20-17-5-3-4-6-18(17)26-12-11-19(20)27-21/h3-6,15-17H,2,7-14H2,1H3,(H,23,24);3-6,14-16H,2,7-13H2,1H3,(H,22,23). The van der Waals surface area contributed by atoms with Crippen molar-refractivity contribution in [3.8, 4) is 34.0 Å². The fraction of sp³-hybridized carbons (Fsp3) is 0.535. The van der Waals surface area contributed by atoms with Crippen molar-refractivity contribution in [3.63, 3.8) is 0 Å². The number of para-hydroxylation sites is 2. The normalized spacial score (nSPS) is 21.2. The van der Waals surface area contributed by atoms with Crippen LogP contribution in [0.15, 0.2) is 48.5 Å². The zero-order chi connectivity index (χ0) is 38.0. The molecule has 4 aromatic rings. The Morgan fingerprint density at radius 2 is 1.13 bits per heavy atom. The minimum atomic E-state index is 0.427. The Balaban J connectivity index is 0.000000169. The molecule has 2 aromatic carbocycles. The van der Waals surface area contributed by atoms with Crippen LogP contribution in [0.25, 0.3) is 22.5 Å². The molecule has 294 valence electrons. The second kappa shape index (κ2) is 19.1. The summed E-state index contributed by atoms with van der Waals surface area (Å²) in [7, 11) is 0. The molecular formula is C43H56N6O4S2. The molecule has 0 radical (unpaired) electrons. The topological polar surface area (TPSA) is 109 Å². The van der Waals surface area contributed by atoms with Gasteiger partial charge in [0.05, 0.1) is 24.6 Å². The number of carbonyl (C=O) groups is 2. The molecule has 2 amide bonds. The molecule has 4 heterocycles. The van der Waals surface area contributed by atoms with Crippen LogP contribution in [-0.4, -0.2) is 84.1 Å². The summed E-state index contributed by atoms with van der Waals surface area (Å²) >= 11 is 3.52. The highest BCUT2D eigenvalue weighted by atomic mass is 32.1. The van der Waals surface area contributed by atoms with Gasteiger partial charge in [-0.2, -0.15) is 0 Å². The van der Waals surface area contributed by atoms with Crippen molar-refractivity contribution < 1.29 is 19.1 Å². The maximum Gasteiger partial charge on any atom is 0.209 e. The molecule has 55 heavy (non-hydrogen) atoms. The second-order valence-corrected chi connectivity index (χ2v) is 17.3. The van der Waals surface area contributed by atoms with Crippen LogP contribution in [0.5, 0.6) is 11.5 Å². The molecule has 4 aliphatic rings. The zero-order valence-corrected chi connectivity index (χ0v) is 34.0. The minimum absolute atomic E-state index is 0.427. The Morgan fingerprint density at radius 1 is 0.673 bits per heavy atom. The quantitative estimate of drug-likeness (QED) is 0.130. The zero-order valence-electron chi connectivity index (χ0n) is 32.3. The Kier molecular flexibility index (Phi) is 13.6. The maximum absolute atomic E-state index is 11.3. The van der Waals surface area contributed by atoms with Crippen LogP contribution in [0, 0.1) is 11.8 Å². The lowest BCUT2D eigenvalue weighted by atomic mass is 9.85. The van der Waals surface area contributed by atoms with Gasteiger partial charge in [0.1, 0.15) is 11.5 Å². The number of nitrogens with one attached hydrogen (secondary N) is 2. The van der Waals surface area contributed by atoms with Gasteiger partial charge in [0.2, 0.25) is 12.8 Å². The Morgan fingerprint density at radius 3 is 1.56 bits per heavy atom. The van der Waals surface area contributed by atoms with E-state index in [4.69, 9.17) is 19.4 Å². The highest BCUT2D eigenvalue weighted by Gasteiger charge is 2.27. The van der Waals surface area contributed by atoms with Gasteiger partial charge in [-0.3, -0.25) is 9.59 Å². The van der Waals surface area contributed by atoms with Crippen molar-refractivity contribution in [3.05, 3.63) is 58.3 Å². The third-order valence-corrected chi connectivity index (χ3v) is 13.8. The number of nitrogens with zero attached hydrogens (tertiary/aromatic N) is 4. The second-order valence-electron chi connectivity index (χ2n) is 15.2. The number of amides is 2. The SMILES string of the molecule is CCCN(C=O)C1CCC(CNc2nc3c(s2)CCOc2ccccc2-3)CC1.CCN(C=O)C1CCC(CNc2nc3c(s2)CCOc2ccccc2-3)CC1. The van der Waals surface area contributed by atoms with E-state index < -0.39 is 0 Å². The molecule has 12 heteroatoms. The van der Waals surface area contributed by atoms with Crippen LogP contribution < -0.4 is 20.1 Å². The minimum Gasteiger partial charge on any atom is -0.493 e. The average molecular weight is 785 g/mol. The van der Waals surface area contributed by atoms with E-state index in [-0.39, 0.29) is 0 Å². The van der Waals surface area contributed by atoms with E-state index in [0.29, 0.717) is 37.1 Å². The molecule has 0 atom stereocenters. The smallest absolute Gasteiger partial charge is 0.209 e. The molecule has 0 unspecified atom stereocenters. The van der Waals surface area contributed by atoms with Crippen LogP contribution in [-0.2, 0) is 22.4 Å². The first-order valence-electron chi connectivity index (χ1n) is 20.4. The summed E-state index contributed by atoms with van der Waals surface area (Å²) in [5.41, 5.74) is 4.35. The summed E-state index contributed by atoms with van der Waals surface area (Å²) < 4.78 is 11.7. The van der Waals surface area contributed by atoms with Gasteiger partial charge in [0, 0.05) is 72.0 Å². The first-order valence-corrected chi connectivity index (χ1v) is 22.0. The first kappa shape index (κ1) is 39.1. The van der Waals surface area contributed by atoms with Crippen molar-refractivity contribution in [2.24, 2.45) is 11.8 Å². The van der Waals surface area contributed by atoms with Crippen LogP contribution in [0.2, 0.25) is 0 Å². The molecule has 2 N–H and O–H groups in total. The van der Waals surface area contributed by atoms with Crippen molar-refractivity contribution in [2.75, 3.05) is 50.0 Å². The monoisotopic (exact) mass is 784 g/mol. The van der Waals surface area contributed by atoms with Crippen molar-refractivity contribution in [1.29, 1.82) is 0 Å². The number of fused-ring (bicyclic) bond motifs is 6. The summed E-state index contributed by atoms with van der Waals surface area (Å²) in [6, 6.07) is 17.2. The number of hydrogen-bond acceptors (Lipinski definition) is 10. The molecule has 2 fully saturated rings. The van der Waals surface area contributed by atoms with Crippen LogP contribution >= 0.6 is 22.7 Å². The first-order chi connectivity index (χ1) is 27.1. The van der Waals surface area contributed by atoms with Gasteiger partial charge in [-0.05, 0) is 101 Å². The van der Waals surface area contributed by atoms with E-state index in [9.17, 15) is 9.59 Å². The molecule has 8 rings (SSSR count). The Bertz CT molecular complexity index is 1850. The highest BCUT2D eigenvalue weighted by Crippen LogP contribution is 2.40. The van der Waals surface area contributed by atoms with Gasteiger partial charge < -0.3 is 29.9 Å². The van der Waals surface area contributed by atoms with Gasteiger partial charge in [-0.25, -0.2) is 9.97 Å². The van der Waals surface area contributed by atoms with Gasteiger partial charge in [-0.15, -0.1) is 22.7 Å². The van der Waals surface area contributed by atoms with Gasteiger partial charge >= 0.3 is 0 Å². The van der Waals surface area contributed by atoms with Crippen molar-refractivity contribution in [2.45, 2.75) is 96.6 Å². The number of ether oxygens (including phenoxy) is 2. The van der Waals surface area contributed by atoms with Crippen LogP contribution in [0.3, 0.4) is 0 Å². The molecule has 0 saturated heterocycles. The van der Waals surface area contributed by atoms with Crippen molar-refractivity contribution >= 4 is 45.8 Å². The number of hydrogen-bond donors (Lipinski definition) is 2. The summed E-state index contributed by atoms with van der Waals surface area (Å²) in [4.78, 5) is 38.7. The van der Waals surface area contributed by atoms with E-state index in [1.54, 1.807) is 22.7 Å². The molecule has 2 aliphatic heterocycles. The van der Waals surface area contributed by atoms with Crippen LogP contribution in [0.4, 0.5) is 10.3 Å². The fourth-order valence-electron chi connectivity index (χ4n) is 8.52. The third kappa shape index (κ3) is 9.63. The molecule has 2 aliphatic carbocycles. The lowest BCUT2D eigenvalue weighted by molar-refractivity contribution is -0.121. The number of rotatable bonds is 13. The number of benzene rings is 2. The molecule has 10 nitrogen and oxygen atoms in total. The average Bonchev–Trinajstić information content (AvgIpc) is 3.73. The number of thiazole rings is 2. The highest BCUT2D eigenvalue weighted by molar-refractivity contribution is 7.16. The molecular weight excluding hydrogens is 729 g/mol. The molecule has 2 saturated carbocycles. The summed E-state index contributed by atoms with van der Waals surface area (Å²) in [6.45, 7) is 9.22. The predicted octanol–water partition coefficient (Wildman–Crippen LogP) is 8.78. The van der Waals surface area contributed by atoms with Gasteiger partial charge in [-0.1, -0.05) is 31.2 Å². The molecule has 2 aromatic heterocycles. The Labute approximate surface area is 334 Å². The van der Waals surface area contributed by atoms with Gasteiger partial charge in [0.15, 0.2) is 10.3 Å². The summed E-state index contributed by atoms with van der Waals surface area (Å²) in [6.07, 6.45) is 14.0. The van der Waals surface area contributed by atoms with E-state index >= 15 is 0 Å². The van der Waals surface area contributed by atoms with Crippen LogP contribution in [0.1, 0.15) is 81.4 Å². The number of aromatic nitrogens is 2. The maximum atomic E-state index is 11.3. The largest absolute Gasteiger partial charge is 0.493 e. The predicted molar refractivity (Wildman–Crippen MR) is 223 cm³/mol. The molecule has 0 bridgehead atoms. The summed E-state index contributed by atoms with van der Waals surface area (Å²) in [5, 5.41) is 9.20. The third-order valence-electron chi connectivity index (χ3n) is 11.6. The summed E-state index contributed by atoms with van der Waals surface area (Å²) in [5.74, 6) is 3.18. The van der Waals surface area contributed by atoms with E-state index in [1.165, 1.54) is 35.4 Å². The molecule has 0 spiro atoms. The Hall–Kier alpha value is -4.16. The van der Waals surface area contributed by atoms with E-state index in [0.717, 1.165) is 128 Å². The number of carbonyl (C=O) groups excluding carboxylic acids is 2.